The second-order valence-electron chi connectivity index (χ2n) is 3.91. The van der Waals surface area contributed by atoms with Crippen LogP contribution >= 0.6 is 0 Å². The van der Waals surface area contributed by atoms with Gasteiger partial charge in [-0.3, -0.25) is 4.79 Å². The third-order valence-corrected chi connectivity index (χ3v) is 2.20. The van der Waals surface area contributed by atoms with E-state index in [4.69, 9.17) is 0 Å². The number of allylic oxidation sites excluding steroid dienone is 1. The van der Waals surface area contributed by atoms with E-state index in [0.717, 1.165) is 6.42 Å². The SMILES string of the molecule is CC1(C)CCC(=O)C(=C[O-])C1.[Na+]. The van der Waals surface area contributed by atoms with Gasteiger partial charge in [-0.15, -0.1) is 6.26 Å². The Morgan fingerprint density at radius 1 is 1.50 bits per heavy atom. The molecule has 0 N–H and O–H groups in total. The normalized spacial score (nSPS) is 25.2. The van der Waals surface area contributed by atoms with Crippen LogP contribution in [0.2, 0.25) is 0 Å². The summed E-state index contributed by atoms with van der Waals surface area (Å²) in [6, 6.07) is 0. The average Bonchev–Trinajstić information content (AvgIpc) is 1.94. The van der Waals surface area contributed by atoms with Crippen LogP contribution in [0.1, 0.15) is 33.1 Å². The molecule has 0 aliphatic heterocycles. The molecule has 0 heterocycles. The van der Waals surface area contributed by atoms with E-state index in [2.05, 4.69) is 13.8 Å². The van der Waals surface area contributed by atoms with Crippen molar-refractivity contribution < 1.29 is 39.5 Å². The molecule has 1 fully saturated rings. The van der Waals surface area contributed by atoms with Crippen LogP contribution < -0.4 is 34.7 Å². The molecule has 1 saturated carbocycles. The number of carbonyl (C=O) groups is 1. The average molecular weight is 176 g/mol. The molecular formula is C9H13NaO2. The summed E-state index contributed by atoms with van der Waals surface area (Å²) in [5, 5.41) is 10.4. The van der Waals surface area contributed by atoms with Crippen molar-refractivity contribution in [1.29, 1.82) is 0 Å². The molecule has 0 amide bonds. The van der Waals surface area contributed by atoms with Gasteiger partial charge in [-0.2, -0.15) is 0 Å². The summed E-state index contributed by atoms with van der Waals surface area (Å²) in [7, 11) is 0. The van der Waals surface area contributed by atoms with Crippen LogP contribution in [0.15, 0.2) is 11.8 Å². The Labute approximate surface area is 95.3 Å². The van der Waals surface area contributed by atoms with Crippen LogP contribution in [0, 0.1) is 5.41 Å². The monoisotopic (exact) mass is 176 g/mol. The standard InChI is InChI=1S/C9H14O2.Na/c1-9(2)4-3-8(11)7(5-9)6-10;/h6,10H,3-5H2,1-2H3;/q;+1/p-1. The van der Waals surface area contributed by atoms with Crippen molar-refractivity contribution in [2.24, 2.45) is 5.41 Å². The fraction of sp³-hybridized carbons (Fsp3) is 0.667. The van der Waals surface area contributed by atoms with Crippen LogP contribution in [0.3, 0.4) is 0 Å². The summed E-state index contributed by atoms with van der Waals surface area (Å²) in [6.45, 7) is 4.17. The summed E-state index contributed by atoms with van der Waals surface area (Å²) in [5.41, 5.74) is 0.616. The zero-order chi connectivity index (χ0) is 8.48. The third kappa shape index (κ3) is 2.92. The van der Waals surface area contributed by atoms with Gasteiger partial charge in [0.25, 0.3) is 0 Å². The van der Waals surface area contributed by atoms with Crippen molar-refractivity contribution in [2.75, 3.05) is 0 Å². The van der Waals surface area contributed by atoms with E-state index in [1.165, 1.54) is 0 Å². The Hall–Kier alpha value is 0.210. The Bertz CT molecular complexity index is 207. The zero-order valence-corrected chi connectivity index (χ0v) is 10.0. The van der Waals surface area contributed by atoms with Gasteiger partial charge in [0.2, 0.25) is 0 Å². The number of rotatable bonds is 0. The van der Waals surface area contributed by atoms with Crippen molar-refractivity contribution in [1.82, 2.24) is 0 Å². The Balaban J connectivity index is 0.00000121. The number of carbonyl (C=O) groups excluding carboxylic acids is 1. The maximum absolute atomic E-state index is 11.0. The summed E-state index contributed by atoms with van der Waals surface area (Å²) < 4.78 is 0. The molecule has 0 unspecified atom stereocenters. The molecule has 1 rings (SSSR count). The van der Waals surface area contributed by atoms with Gasteiger partial charge < -0.3 is 5.11 Å². The van der Waals surface area contributed by atoms with Crippen molar-refractivity contribution in [3.05, 3.63) is 11.8 Å². The van der Waals surface area contributed by atoms with Gasteiger partial charge >= 0.3 is 29.6 Å². The van der Waals surface area contributed by atoms with Crippen LogP contribution in [0.4, 0.5) is 0 Å². The van der Waals surface area contributed by atoms with E-state index < -0.39 is 0 Å². The van der Waals surface area contributed by atoms with Crippen molar-refractivity contribution in [3.8, 4) is 0 Å². The molecule has 62 valence electrons. The molecule has 0 aromatic carbocycles. The first-order valence-corrected chi connectivity index (χ1v) is 3.89. The first-order valence-electron chi connectivity index (χ1n) is 3.89. The van der Waals surface area contributed by atoms with Crippen LogP contribution in [0.25, 0.3) is 0 Å². The minimum Gasteiger partial charge on any atom is -0.878 e. The van der Waals surface area contributed by atoms with Crippen LogP contribution in [0.5, 0.6) is 0 Å². The smallest absolute Gasteiger partial charge is 0.878 e. The van der Waals surface area contributed by atoms with Gasteiger partial charge in [-0.25, -0.2) is 0 Å². The van der Waals surface area contributed by atoms with Gasteiger partial charge in [-0.05, 0) is 23.8 Å². The van der Waals surface area contributed by atoms with Crippen LogP contribution in [-0.4, -0.2) is 5.78 Å². The molecule has 0 spiro atoms. The van der Waals surface area contributed by atoms with Gasteiger partial charge in [-0.1, -0.05) is 13.8 Å². The predicted octanol–water partition coefficient (Wildman–Crippen LogP) is -1.99. The van der Waals surface area contributed by atoms with E-state index in [1.54, 1.807) is 0 Å². The molecule has 0 bridgehead atoms. The second kappa shape index (κ2) is 4.45. The maximum atomic E-state index is 11.0. The molecule has 0 aromatic heterocycles. The van der Waals surface area contributed by atoms with Crippen molar-refractivity contribution in [2.45, 2.75) is 33.1 Å². The topological polar surface area (TPSA) is 40.1 Å². The molecule has 0 atom stereocenters. The molecule has 2 nitrogen and oxygen atoms in total. The minimum absolute atomic E-state index is 0. The van der Waals surface area contributed by atoms with E-state index in [1.807, 2.05) is 0 Å². The summed E-state index contributed by atoms with van der Waals surface area (Å²) in [4.78, 5) is 11.0. The number of ketones is 1. The third-order valence-electron chi connectivity index (χ3n) is 2.20. The van der Waals surface area contributed by atoms with Gasteiger partial charge in [0.1, 0.15) is 0 Å². The van der Waals surface area contributed by atoms with Crippen LogP contribution in [-0.2, 0) is 4.79 Å². The largest absolute Gasteiger partial charge is 1.00 e. The summed E-state index contributed by atoms with van der Waals surface area (Å²) in [5.74, 6) is 0.0410. The Kier molecular flexibility index (Phi) is 4.53. The molecule has 12 heavy (non-hydrogen) atoms. The molecule has 3 heteroatoms. The number of Topliss-reactive ketones (excluding diaryl/α,β-unsaturated/α-hetero) is 1. The molecule has 1 aliphatic carbocycles. The van der Waals surface area contributed by atoms with E-state index >= 15 is 0 Å². The molecule has 1 aliphatic rings. The fourth-order valence-electron chi connectivity index (χ4n) is 1.42. The molecule has 0 radical (unpaired) electrons. The molecule has 0 saturated heterocycles. The van der Waals surface area contributed by atoms with E-state index in [-0.39, 0.29) is 40.8 Å². The minimum atomic E-state index is 0. The van der Waals surface area contributed by atoms with Crippen molar-refractivity contribution >= 4 is 5.78 Å². The maximum Gasteiger partial charge on any atom is 1.00 e. The summed E-state index contributed by atoms with van der Waals surface area (Å²) >= 11 is 0. The van der Waals surface area contributed by atoms with Gasteiger partial charge in [0, 0.05) is 6.42 Å². The van der Waals surface area contributed by atoms with Gasteiger partial charge in [0.15, 0.2) is 5.78 Å². The molecule has 0 aromatic rings. The predicted molar refractivity (Wildman–Crippen MR) is 40.7 cm³/mol. The van der Waals surface area contributed by atoms with E-state index in [9.17, 15) is 9.90 Å². The number of hydrogen-bond acceptors (Lipinski definition) is 2. The van der Waals surface area contributed by atoms with Gasteiger partial charge in [0.05, 0.1) is 0 Å². The first kappa shape index (κ1) is 12.2. The Morgan fingerprint density at radius 3 is 2.50 bits per heavy atom. The first-order chi connectivity index (χ1) is 5.05. The molecular weight excluding hydrogens is 163 g/mol. The number of hydrogen-bond donors (Lipinski definition) is 0. The van der Waals surface area contributed by atoms with E-state index in [0.29, 0.717) is 24.7 Å². The second-order valence-corrected chi connectivity index (χ2v) is 3.91. The Morgan fingerprint density at radius 2 is 2.08 bits per heavy atom. The van der Waals surface area contributed by atoms with Crippen molar-refractivity contribution in [3.63, 3.8) is 0 Å². The summed E-state index contributed by atoms with van der Waals surface area (Å²) in [6.07, 6.45) is 2.81. The zero-order valence-electron chi connectivity index (χ0n) is 8.02. The quantitative estimate of drug-likeness (QED) is 0.244. The fourth-order valence-corrected chi connectivity index (χ4v) is 1.42.